The van der Waals surface area contributed by atoms with E-state index in [1.165, 1.54) is 0 Å². The molecule has 1 aliphatic heterocycles. The predicted molar refractivity (Wildman–Crippen MR) is 88.2 cm³/mol. The lowest BCUT2D eigenvalue weighted by atomic mass is 10.1. The fraction of sp³-hybridized carbons (Fsp3) is 0.625. The molecule has 22 heavy (non-hydrogen) atoms. The van der Waals surface area contributed by atoms with E-state index >= 15 is 0 Å². The zero-order valence-corrected chi connectivity index (χ0v) is 14.3. The molecule has 0 unspecified atom stereocenters. The minimum absolute atomic E-state index is 0.196. The van der Waals surface area contributed by atoms with E-state index in [-0.39, 0.29) is 11.0 Å². The van der Waals surface area contributed by atoms with Crippen molar-refractivity contribution in [2.75, 3.05) is 13.2 Å². The van der Waals surface area contributed by atoms with Crippen LogP contribution in [0.3, 0.4) is 0 Å². The Morgan fingerprint density at radius 3 is 2.73 bits per heavy atom. The van der Waals surface area contributed by atoms with Gasteiger partial charge in [-0.1, -0.05) is 6.07 Å². The van der Waals surface area contributed by atoms with E-state index in [4.69, 9.17) is 9.47 Å². The second-order valence-corrected chi connectivity index (χ2v) is 8.11. The summed E-state index contributed by atoms with van der Waals surface area (Å²) < 4.78 is 27.5. The van der Waals surface area contributed by atoms with Gasteiger partial charge in [-0.05, 0) is 39.7 Å². The van der Waals surface area contributed by atoms with Gasteiger partial charge in [-0.15, -0.1) is 0 Å². The number of hydrogen-bond acceptors (Lipinski definition) is 4. The van der Waals surface area contributed by atoms with Crippen LogP contribution >= 0.6 is 0 Å². The maximum absolute atomic E-state index is 12.3. The average molecular weight is 324 g/mol. The van der Waals surface area contributed by atoms with Gasteiger partial charge < -0.3 is 9.47 Å². The maximum Gasteiger partial charge on any atom is 0.157 e. The highest BCUT2D eigenvalue weighted by Gasteiger charge is 2.21. The molecular weight excluding hydrogens is 300 g/mol. The summed E-state index contributed by atoms with van der Waals surface area (Å²) in [5, 5.41) is 0. The Balaban J connectivity index is 2.11. The average Bonchev–Trinajstić information content (AvgIpc) is 2.52. The quantitative estimate of drug-likeness (QED) is 0.781. The summed E-state index contributed by atoms with van der Waals surface area (Å²) >= 11 is 0. The Hall–Kier alpha value is -1.11. The second-order valence-electron chi connectivity index (χ2n) is 6.20. The first-order chi connectivity index (χ1) is 10.5. The molecule has 0 aromatic carbocycles. The van der Waals surface area contributed by atoms with Crippen LogP contribution in [0.2, 0.25) is 0 Å². The van der Waals surface area contributed by atoms with Crippen LogP contribution in [0.1, 0.15) is 45.6 Å². The molecule has 0 aliphatic carbocycles. The van der Waals surface area contributed by atoms with Crippen LogP contribution in [-0.2, 0) is 20.5 Å². The highest BCUT2D eigenvalue weighted by atomic mass is 32.2. The van der Waals surface area contributed by atoms with Crippen LogP contribution in [0.4, 0.5) is 0 Å². The van der Waals surface area contributed by atoms with Gasteiger partial charge in [0.05, 0.1) is 23.7 Å². The Kier molecular flexibility index (Phi) is 6.23. The number of hydrogen-bond donors (Lipinski definition) is 0. The van der Waals surface area contributed by atoms with Crippen molar-refractivity contribution in [1.29, 1.82) is 0 Å². The maximum atomic E-state index is 12.3. The van der Waals surface area contributed by atoms with Crippen molar-refractivity contribution in [3.8, 4) is 0 Å². The fourth-order valence-electron chi connectivity index (χ4n) is 1.97. The van der Waals surface area contributed by atoms with E-state index in [0.29, 0.717) is 12.8 Å². The zero-order valence-electron chi connectivity index (χ0n) is 13.4. The minimum Gasteiger partial charge on any atom is -0.353 e. The smallest absolute Gasteiger partial charge is 0.157 e. The van der Waals surface area contributed by atoms with Gasteiger partial charge in [-0.2, -0.15) is 4.40 Å². The molecule has 122 valence electrons. The van der Waals surface area contributed by atoms with Gasteiger partial charge >= 0.3 is 0 Å². The largest absolute Gasteiger partial charge is 0.353 e. The molecule has 0 amide bonds. The summed E-state index contributed by atoms with van der Waals surface area (Å²) in [5.41, 5.74) is 1.69. The number of rotatable bonds is 5. The van der Waals surface area contributed by atoms with E-state index in [2.05, 4.69) is 9.38 Å². The Morgan fingerprint density at radius 2 is 2.14 bits per heavy atom. The number of pyridine rings is 1. The number of ether oxygens (including phenoxy) is 2. The lowest BCUT2D eigenvalue weighted by molar-refractivity contribution is -0.180. The first kappa shape index (κ1) is 17.2. The molecule has 1 fully saturated rings. The van der Waals surface area contributed by atoms with E-state index in [9.17, 15) is 4.21 Å². The molecule has 0 N–H and O–H groups in total. The lowest BCUT2D eigenvalue weighted by Crippen LogP contribution is -2.26. The van der Waals surface area contributed by atoms with E-state index in [0.717, 1.165) is 30.9 Å². The van der Waals surface area contributed by atoms with Gasteiger partial charge in [-0.25, -0.2) is 4.21 Å². The number of aromatic nitrogens is 1. The number of nitrogens with zero attached hydrogens (tertiary/aromatic N) is 2. The molecule has 0 bridgehead atoms. The zero-order chi connectivity index (χ0) is 16.0. The molecule has 5 nitrogen and oxygen atoms in total. The molecule has 1 aromatic rings. The van der Waals surface area contributed by atoms with Crippen molar-refractivity contribution >= 4 is 16.7 Å². The highest BCUT2D eigenvalue weighted by Crippen LogP contribution is 2.18. The normalized spacial score (nSPS) is 19.1. The van der Waals surface area contributed by atoms with Crippen LogP contribution in [0.5, 0.6) is 0 Å². The fourth-order valence-corrected chi connectivity index (χ4v) is 2.64. The van der Waals surface area contributed by atoms with Gasteiger partial charge in [0.1, 0.15) is 11.0 Å². The molecule has 0 radical (unpaired) electrons. The Bertz CT molecular complexity index is 520. The summed E-state index contributed by atoms with van der Waals surface area (Å²) in [7, 11) is -1.30. The summed E-state index contributed by atoms with van der Waals surface area (Å²) in [4.78, 5) is 4.13. The first-order valence-electron chi connectivity index (χ1n) is 7.60. The molecule has 2 rings (SSSR count). The van der Waals surface area contributed by atoms with Crippen LogP contribution in [0, 0.1) is 0 Å². The van der Waals surface area contributed by atoms with E-state index in [1.54, 1.807) is 12.4 Å². The summed E-state index contributed by atoms with van der Waals surface area (Å²) in [6.07, 6.45) is 5.57. The minimum atomic E-state index is -1.30. The standard InChI is InChI=1S/C16H24N2O3S/c1-16(2,3)22(19)18-14(13-6-4-9-17-12-13)7-8-15-20-10-5-11-21-15/h4,6,9,12,15H,5,7-8,10-11H2,1-3H3/b18-14+/t22-/m0/s1. The van der Waals surface area contributed by atoms with Gasteiger partial charge in [0.15, 0.2) is 6.29 Å². The monoisotopic (exact) mass is 324 g/mol. The van der Waals surface area contributed by atoms with Crippen molar-refractivity contribution in [2.45, 2.75) is 51.1 Å². The van der Waals surface area contributed by atoms with Gasteiger partial charge in [-0.3, -0.25) is 4.98 Å². The summed E-state index contributed by atoms with van der Waals surface area (Å²) in [6.45, 7) is 7.22. The van der Waals surface area contributed by atoms with Crippen molar-refractivity contribution < 1.29 is 13.7 Å². The Labute approximate surface area is 134 Å². The van der Waals surface area contributed by atoms with Crippen molar-refractivity contribution in [2.24, 2.45) is 4.40 Å². The van der Waals surface area contributed by atoms with Gasteiger partial charge in [0, 0.05) is 24.4 Å². The molecule has 6 heteroatoms. The van der Waals surface area contributed by atoms with Crippen LogP contribution in [0.15, 0.2) is 28.9 Å². The van der Waals surface area contributed by atoms with Crippen LogP contribution in [0.25, 0.3) is 0 Å². The third-order valence-electron chi connectivity index (χ3n) is 3.22. The van der Waals surface area contributed by atoms with Crippen molar-refractivity contribution in [3.05, 3.63) is 30.1 Å². The van der Waals surface area contributed by atoms with Crippen molar-refractivity contribution in [3.63, 3.8) is 0 Å². The molecule has 1 aromatic heterocycles. The molecule has 1 aliphatic rings. The van der Waals surface area contributed by atoms with Gasteiger partial charge in [0.25, 0.3) is 0 Å². The van der Waals surface area contributed by atoms with Gasteiger partial charge in [0.2, 0.25) is 0 Å². The van der Waals surface area contributed by atoms with Crippen LogP contribution < -0.4 is 0 Å². The lowest BCUT2D eigenvalue weighted by Gasteiger charge is -2.23. The molecule has 0 spiro atoms. The third-order valence-corrected chi connectivity index (χ3v) is 4.66. The van der Waals surface area contributed by atoms with Crippen molar-refractivity contribution in [1.82, 2.24) is 4.98 Å². The molecule has 2 heterocycles. The molecular formula is C16H24N2O3S. The second kappa shape index (κ2) is 7.94. The topological polar surface area (TPSA) is 60.8 Å². The predicted octanol–water partition coefficient (Wildman–Crippen LogP) is 2.88. The molecule has 0 saturated carbocycles. The summed E-state index contributed by atoms with van der Waals surface area (Å²) in [6, 6.07) is 3.80. The van der Waals surface area contributed by atoms with E-state index in [1.807, 2.05) is 32.9 Å². The molecule has 1 saturated heterocycles. The third kappa shape index (κ3) is 5.26. The SMILES string of the molecule is CC(C)(C)[S@](=O)/N=C(\CCC1OCCCO1)c1cccnc1. The van der Waals surface area contributed by atoms with Crippen LogP contribution in [-0.4, -0.2) is 39.2 Å². The van der Waals surface area contributed by atoms with E-state index < -0.39 is 11.0 Å². The summed E-state index contributed by atoms with van der Waals surface area (Å²) in [5.74, 6) is 0. The first-order valence-corrected chi connectivity index (χ1v) is 8.70. The highest BCUT2D eigenvalue weighted by molar-refractivity contribution is 7.85. The molecule has 1 atom stereocenters. The Morgan fingerprint density at radius 1 is 1.41 bits per heavy atom.